The quantitative estimate of drug-likeness (QED) is 0.803. The van der Waals surface area contributed by atoms with Crippen molar-refractivity contribution in [1.82, 2.24) is 20.0 Å². The van der Waals surface area contributed by atoms with Crippen LogP contribution < -0.4 is 4.74 Å². The van der Waals surface area contributed by atoms with E-state index in [9.17, 15) is 0 Å². The van der Waals surface area contributed by atoms with Gasteiger partial charge in [-0.25, -0.2) is 9.67 Å². The Kier molecular flexibility index (Phi) is 3.66. The lowest BCUT2D eigenvalue weighted by Gasteiger charge is -2.02. The van der Waals surface area contributed by atoms with E-state index >= 15 is 0 Å². The molecular weight excluding hydrogens is 220 g/mol. The molecule has 0 bridgehead atoms. The first-order chi connectivity index (χ1) is 8.31. The van der Waals surface area contributed by atoms with Gasteiger partial charge in [-0.05, 0) is 6.07 Å². The Hall–Kier alpha value is -1.95. The highest BCUT2D eigenvalue weighted by Crippen LogP contribution is 2.07. The van der Waals surface area contributed by atoms with Crippen molar-refractivity contribution in [1.29, 1.82) is 0 Å². The molecule has 6 nitrogen and oxygen atoms in total. The molecule has 0 aliphatic carbocycles. The Morgan fingerprint density at radius 1 is 1.35 bits per heavy atom. The van der Waals surface area contributed by atoms with Crippen molar-refractivity contribution >= 4 is 0 Å². The summed E-state index contributed by atoms with van der Waals surface area (Å²) < 4.78 is 6.73. The summed E-state index contributed by atoms with van der Waals surface area (Å²) >= 11 is 0. The number of pyridine rings is 1. The zero-order valence-corrected chi connectivity index (χ0v) is 9.58. The molecule has 0 saturated heterocycles. The van der Waals surface area contributed by atoms with Gasteiger partial charge in [-0.3, -0.25) is 0 Å². The minimum absolute atomic E-state index is 0.0795. The summed E-state index contributed by atoms with van der Waals surface area (Å²) in [6.07, 6.45) is 2.32. The van der Waals surface area contributed by atoms with Gasteiger partial charge in [0.15, 0.2) is 0 Å². The molecule has 0 fully saturated rings. The number of ether oxygens (including phenoxy) is 1. The van der Waals surface area contributed by atoms with Gasteiger partial charge < -0.3 is 9.84 Å². The summed E-state index contributed by atoms with van der Waals surface area (Å²) in [6, 6.07) is 5.57. The topological polar surface area (TPSA) is 73.1 Å². The lowest BCUT2D eigenvalue weighted by atomic mass is 10.3. The Labute approximate surface area is 98.9 Å². The minimum Gasteiger partial charge on any atom is -0.481 e. The number of methoxy groups -OCH3 is 1. The van der Waals surface area contributed by atoms with E-state index < -0.39 is 0 Å². The molecule has 1 N–H and O–H groups in total. The molecule has 90 valence electrons. The first kappa shape index (κ1) is 11.5. The summed E-state index contributed by atoms with van der Waals surface area (Å²) in [7, 11) is 1.58. The van der Waals surface area contributed by atoms with Crippen molar-refractivity contribution in [2.75, 3.05) is 13.7 Å². The van der Waals surface area contributed by atoms with E-state index in [4.69, 9.17) is 9.84 Å². The third-order valence-corrected chi connectivity index (χ3v) is 2.27. The van der Waals surface area contributed by atoms with Crippen LogP contribution in [0.15, 0.2) is 24.4 Å². The average Bonchev–Trinajstić information content (AvgIpc) is 2.77. The molecule has 0 spiro atoms. The maximum absolute atomic E-state index is 8.78. The van der Waals surface area contributed by atoms with Gasteiger partial charge in [-0.15, -0.1) is 5.10 Å². The summed E-state index contributed by atoms with van der Waals surface area (Å²) in [5, 5.41) is 16.7. The fourth-order valence-corrected chi connectivity index (χ4v) is 1.47. The molecule has 2 aromatic heterocycles. The van der Waals surface area contributed by atoms with Gasteiger partial charge in [0.2, 0.25) is 5.88 Å². The summed E-state index contributed by atoms with van der Waals surface area (Å²) in [6.45, 7) is 0.617. The molecule has 0 radical (unpaired) electrons. The molecule has 0 amide bonds. The number of aromatic nitrogens is 4. The fraction of sp³-hybridized carbons (Fsp3) is 0.364. The van der Waals surface area contributed by atoms with Crippen LogP contribution in [0.1, 0.15) is 11.4 Å². The zero-order chi connectivity index (χ0) is 12.1. The van der Waals surface area contributed by atoms with Gasteiger partial charge in [0, 0.05) is 25.3 Å². The second-order valence-corrected chi connectivity index (χ2v) is 3.55. The Morgan fingerprint density at radius 2 is 2.24 bits per heavy atom. The third kappa shape index (κ3) is 3.01. The maximum atomic E-state index is 8.78. The van der Waals surface area contributed by atoms with E-state index in [1.54, 1.807) is 24.1 Å². The summed E-state index contributed by atoms with van der Waals surface area (Å²) in [5.41, 5.74) is 1.63. The smallest absolute Gasteiger partial charge is 0.213 e. The molecule has 0 aromatic carbocycles. The fourth-order valence-electron chi connectivity index (χ4n) is 1.47. The second kappa shape index (κ2) is 5.40. The molecule has 6 heteroatoms. The van der Waals surface area contributed by atoms with Gasteiger partial charge in [-0.1, -0.05) is 11.3 Å². The highest BCUT2D eigenvalue weighted by molar-refractivity contribution is 5.15. The zero-order valence-electron chi connectivity index (χ0n) is 9.58. The Morgan fingerprint density at radius 3 is 3.00 bits per heavy atom. The number of hydrogen-bond acceptors (Lipinski definition) is 5. The third-order valence-electron chi connectivity index (χ3n) is 2.27. The van der Waals surface area contributed by atoms with E-state index in [0.717, 1.165) is 11.4 Å². The van der Waals surface area contributed by atoms with Crippen molar-refractivity contribution in [3.63, 3.8) is 0 Å². The summed E-state index contributed by atoms with van der Waals surface area (Å²) in [4.78, 5) is 4.28. The van der Waals surface area contributed by atoms with E-state index in [1.165, 1.54) is 0 Å². The van der Waals surface area contributed by atoms with Crippen molar-refractivity contribution in [2.24, 2.45) is 0 Å². The lowest BCUT2D eigenvalue weighted by molar-refractivity contribution is 0.298. The van der Waals surface area contributed by atoms with Crippen molar-refractivity contribution in [2.45, 2.75) is 13.0 Å². The van der Waals surface area contributed by atoms with Crippen LogP contribution in [0.4, 0.5) is 0 Å². The lowest BCUT2D eigenvalue weighted by Crippen LogP contribution is -2.03. The highest BCUT2D eigenvalue weighted by atomic mass is 16.5. The molecule has 2 aromatic rings. The van der Waals surface area contributed by atoms with E-state index in [1.807, 2.05) is 12.1 Å². The predicted molar refractivity (Wildman–Crippen MR) is 60.7 cm³/mol. The van der Waals surface area contributed by atoms with Crippen LogP contribution in [0.3, 0.4) is 0 Å². The van der Waals surface area contributed by atoms with E-state index in [0.29, 0.717) is 18.8 Å². The maximum Gasteiger partial charge on any atom is 0.213 e. The van der Waals surface area contributed by atoms with Crippen LogP contribution in [-0.2, 0) is 13.0 Å². The van der Waals surface area contributed by atoms with Gasteiger partial charge in [0.25, 0.3) is 0 Å². The largest absolute Gasteiger partial charge is 0.481 e. The van der Waals surface area contributed by atoms with E-state index in [2.05, 4.69) is 15.3 Å². The highest BCUT2D eigenvalue weighted by Gasteiger charge is 2.02. The average molecular weight is 234 g/mol. The normalized spacial score (nSPS) is 10.5. The van der Waals surface area contributed by atoms with E-state index in [-0.39, 0.29) is 6.61 Å². The molecule has 0 saturated carbocycles. The predicted octanol–water partition coefficient (Wildman–Crippen LogP) is 0.265. The molecule has 0 atom stereocenters. The van der Waals surface area contributed by atoms with Crippen LogP contribution in [-0.4, -0.2) is 38.8 Å². The monoisotopic (exact) mass is 234 g/mol. The van der Waals surface area contributed by atoms with Gasteiger partial charge in [0.05, 0.1) is 25.0 Å². The number of aliphatic hydroxyl groups excluding tert-OH is 1. The van der Waals surface area contributed by atoms with Crippen molar-refractivity contribution in [3.05, 3.63) is 35.8 Å². The summed E-state index contributed by atoms with van der Waals surface area (Å²) in [5.74, 6) is 0.582. The molecule has 0 aliphatic heterocycles. The number of hydrogen-bond donors (Lipinski definition) is 1. The SMILES string of the molecule is COc1cccc(Cn2cc(CCO)nn2)n1. The molecular formula is C11H14N4O2. The van der Waals surface area contributed by atoms with Crippen LogP contribution in [0.5, 0.6) is 5.88 Å². The van der Waals surface area contributed by atoms with Crippen molar-refractivity contribution in [3.8, 4) is 5.88 Å². The molecule has 2 rings (SSSR count). The first-order valence-electron chi connectivity index (χ1n) is 5.31. The van der Waals surface area contributed by atoms with Crippen LogP contribution >= 0.6 is 0 Å². The minimum atomic E-state index is 0.0795. The Bertz CT molecular complexity index is 484. The second-order valence-electron chi connectivity index (χ2n) is 3.55. The molecule has 17 heavy (non-hydrogen) atoms. The van der Waals surface area contributed by atoms with Crippen LogP contribution in [0.25, 0.3) is 0 Å². The molecule has 0 unspecified atom stereocenters. The standard InChI is InChI=1S/C11H14N4O2/c1-17-11-4-2-3-9(12-11)7-15-8-10(5-6-16)13-14-15/h2-4,8,16H,5-7H2,1H3. The van der Waals surface area contributed by atoms with Gasteiger partial charge in [0.1, 0.15) is 0 Å². The first-order valence-corrected chi connectivity index (χ1v) is 5.31. The number of nitrogens with zero attached hydrogens (tertiary/aromatic N) is 4. The molecule has 2 heterocycles. The molecule has 0 aliphatic rings. The van der Waals surface area contributed by atoms with Crippen LogP contribution in [0, 0.1) is 0 Å². The van der Waals surface area contributed by atoms with Gasteiger partial charge in [-0.2, -0.15) is 0 Å². The number of aliphatic hydroxyl groups is 1. The van der Waals surface area contributed by atoms with Gasteiger partial charge >= 0.3 is 0 Å². The van der Waals surface area contributed by atoms with Crippen LogP contribution in [0.2, 0.25) is 0 Å². The van der Waals surface area contributed by atoms with Crippen molar-refractivity contribution < 1.29 is 9.84 Å². The Balaban J connectivity index is 2.08. The number of rotatable bonds is 5.